The number of piperidine rings is 1. The van der Waals surface area contributed by atoms with E-state index in [1.807, 2.05) is 22.8 Å². The summed E-state index contributed by atoms with van der Waals surface area (Å²) in [5.74, 6) is 0.793. The first-order valence-corrected chi connectivity index (χ1v) is 11.8. The molecule has 0 amide bonds. The summed E-state index contributed by atoms with van der Waals surface area (Å²) in [7, 11) is 2.15. The molecule has 1 fully saturated rings. The van der Waals surface area contributed by atoms with E-state index in [0.717, 1.165) is 58.7 Å². The Morgan fingerprint density at radius 2 is 1.71 bits per heavy atom. The molecule has 0 aliphatic carbocycles. The molecule has 0 bridgehead atoms. The van der Waals surface area contributed by atoms with Gasteiger partial charge in [-0.1, -0.05) is 48.5 Å². The van der Waals surface area contributed by atoms with E-state index in [-0.39, 0.29) is 11.6 Å². The zero-order chi connectivity index (χ0) is 21.5. The first-order valence-electron chi connectivity index (χ1n) is 10.9. The molecule has 3 heterocycles. The van der Waals surface area contributed by atoms with Crippen LogP contribution in [0.5, 0.6) is 0 Å². The molecule has 5 heteroatoms. The highest BCUT2D eigenvalue weighted by atomic mass is 32.1. The van der Waals surface area contributed by atoms with Gasteiger partial charge in [-0.3, -0.25) is 9.36 Å². The van der Waals surface area contributed by atoms with Gasteiger partial charge in [0.2, 0.25) is 0 Å². The lowest BCUT2D eigenvalue weighted by atomic mass is 10.00. The first kappa shape index (κ1) is 20.2. The molecule has 1 aliphatic heterocycles. The number of rotatable bonds is 3. The van der Waals surface area contributed by atoms with Crippen molar-refractivity contribution in [2.24, 2.45) is 0 Å². The van der Waals surface area contributed by atoms with Gasteiger partial charge in [0.25, 0.3) is 5.56 Å². The molecule has 158 valence electrons. The predicted molar refractivity (Wildman–Crippen MR) is 130 cm³/mol. The van der Waals surface area contributed by atoms with Crippen molar-refractivity contribution < 1.29 is 0 Å². The lowest BCUT2D eigenvalue weighted by molar-refractivity contribution is 0.219. The number of nitrogens with zero attached hydrogens (tertiary/aromatic N) is 3. The van der Waals surface area contributed by atoms with Crippen molar-refractivity contribution >= 4 is 21.6 Å². The summed E-state index contributed by atoms with van der Waals surface area (Å²) < 4.78 is 1.99. The molecular weight excluding hydrogens is 402 g/mol. The number of hydrogen-bond acceptors (Lipinski definition) is 4. The van der Waals surface area contributed by atoms with Crippen molar-refractivity contribution in [3.8, 4) is 22.5 Å². The molecule has 0 radical (unpaired) electrons. The molecule has 5 rings (SSSR count). The molecule has 2 aromatic carbocycles. The Kier molecular flexibility index (Phi) is 5.24. The van der Waals surface area contributed by atoms with Crippen LogP contribution in [0.3, 0.4) is 0 Å². The van der Waals surface area contributed by atoms with Crippen molar-refractivity contribution in [2.45, 2.75) is 32.7 Å². The van der Waals surface area contributed by atoms with Gasteiger partial charge in [-0.2, -0.15) is 0 Å². The van der Waals surface area contributed by atoms with Gasteiger partial charge in [0.05, 0.1) is 5.39 Å². The minimum absolute atomic E-state index is 0.0906. The Balaban J connectivity index is 1.75. The van der Waals surface area contributed by atoms with Crippen LogP contribution in [0.2, 0.25) is 0 Å². The van der Waals surface area contributed by atoms with E-state index in [2.05, 4.69) is 61.5 Å². The van der Waals surface area contributed by atoms with E-state index >= 15 is 0 Å². The van der Waals surface area contributed by atoms with Gasteiger partial charge < -0.3 is 4.90 Å². The molecule has 0 atom stereocenters. The van der Waals surface area contributed by atoms with Gasteiger partial charge >= 0.3 is 0 Å². The van der Waals surface area contributed by atoms with Gasteiger partial charge in [0, 0.05) is 22.5 Å². The van der Waals surface area contributed by atoms with Gasteiger partial charge in [-0.25, -0.2) is 4.98 Å². The third kappa shape index (κ3) is 3.62. The van der Waals surface area contributed by atoms with Crippen LogP contribution in [-0.2, 0) is 0 Å². The van der Waals surface area contributed by atoms with E-state index in [4.69, 9.17) is 4.98 Å². The zero-order valence-electron chi connectivity index (χ0n) is 18.3. The highest BCUT2D eigenvalue weighted by Gasteiger charge is 2.25. The molecule has 0 unspecified atom stereocenters. The van der Waals surface area contributed by atoms with Crippen molar-refractivity contribution in [3.05, 3.63) is 75.4 Å². The second kappa shape index (κ2) is 8.06. The van der Waals surface area contributed by atoms with E-state index in [1.54, 1.807) is 11.3 Å². The summed E-state index contributed by atoms with van der Waals surface area (Å²) in [6.07, 6.45) is 1.93. The van der Waals surface area contributed by atoms with Crippen molar-refractivity contribution in [1.82, 2.24) is 14.5 Å². The van der Waals surface area contributed by atoms with E-state index < -0.39 is 0 Å². The largest absolute Gasteiger partial charge is 0.306 e. The summed E-state index contributed by atoms with van der Waals surface area (Å²) in [5.41, 5.74) is 5.69. The second-order valence-corrected chi connectivity index (χ2v) is 9.50. The fourth-order valence-electron chi connectivity index (χ4n) is 4.51. The van der Waals surface area contributed by atoms with Crippen LogP contribution in [-0.4, -0.2) is 34.6 Å². The number of thiophene rings is 1. The number of aromatic nitrogens is 2. The van der Waals surface area contributed by atoms with Gasteiger partial charge in [-0.15, -0.1) is 11.3 Å². The predicted octanol–water partition coefficient (Wildman–Crippen LogP) is 5.68. The van der Waals surface area contributed by atoms with E-state index in [9.17, 15) is 4.79 Å². The summed E-state index contributed by atoms with van der Waals surface area (Å²) >= 11 is 1.56. The SMILES string of the molecule is Cc1ccc(-c2csc3nc(-c4ccccc4)n(C4CCN(C)CC4)c(=O)c23)cc1C. The minimum Gasteiger partial charge on any atom is -0.306 e. The molecular formula is C26H27N3OS. The highest BCUT2D eigenvalue weighted by molar-refractivity contribution is 7.17. The van der Waals surface area contributed by atoms with Crippen LogP contribution in [0.15, 0.2) is 58.7 Å². The van der Waals surface area contributed by atoms with Crippen molar-refractivity contribution in [2.75, 3.05) is 20.1 Å². The summed E-state index contributed by atoms with van der Waals surface area (Å²) in [6.45, 7) is 6.23. The Morgan fingerprint density at radius 1 is 0.968 bits per heavy atom. The Morgan fingerprint density at radius 3 is 2.42 bits per heavy atom. The van der Waals surface area contributed by atoms with Gasteiger partial charge in [0.1, 0.15) is 10.7 Å². The number of fused-ring (bicyclic) bond motifs is 1. The van der Waals surface area contributed by atoms with Crippen LogP contribution < -0.4 is 5.56 Å². The highest BCUT2D eigenvalue weighted by Crippen LogP contribution is 2.35. The van der Waals surface area contributed by atoms with Crippen LogP contribution in [0.1, 0.15) is 30.0 Å². The topological polar surface area (TPSA) is 38.1 Å². The first-order chi connectivity index (χ1) is 15.0. The standard InChI is InChI=1S/C26H27N3OS/c1-17-9-10-20(15-18(17)2)22-16-31-25-23(22)26(30)29(21-11-13-28(3)14-12-21)24(27-25)19-7-5-4-6-8-19/h4-10,15-16,21H,11-14H2,1-3H3. The van der Waals surface area contributed by atoms with E-state index in [1.165, 1.54) is 11.1 Å². The van der Waals surface area contributed by atoms with Crippen LogP contribution in [0, 0.1) is 13.8 Å². The average Bonchev–Trinajstić information content (AvgIpc) is 3.21. The second-order valence-electron chi connectivity index (χ2n) is 8.64. The fourth-order valence-corrected chi connectivity index (χ4v) is 5.45. The number of benzene rings is 2. The smallest absolute Gasteiger partial charge is 0.263 e. The van der Waals surface area contributed by atoms with Crippen LogP contribution in [0.25, 0.3) is 32.7 Å². The van der Waals surface area contributed by atoms with Crippen LogP contribution >= 0.6 is 11.3 Å². The van der Waals surface area contributed by atoms with Crippen molar-refractivity contribution in [3.63, 3.8) is 0 Å². The third-order valence-electron chi connectivity index (χ3n) is 6.54. The average molecular weight is 430 g/mol. The van der Waals surface area contributed by atoms with E-state index in [0.29, 0.717) is 0 Å². The fraction of sp³-hybridized carbons (Fsp3) is 0.308. The van der Waals surface area contributed by atoms with Gasteiger partial charge in [-0.05, 0) is 63.5 Å². The summed E-state index contributed by atoms with van der Waals surface area (Å²) in [5, 5.41) is 2.85. The molecule has 31 heavy (non-hydrogen) atoms. The maximum atomic E-state index is 14.0. The number of hydrogen-bond donors (Lipinski definition) is 0. The summed E-state index contributed by atoms with van der Waals surface area (Å²) in [4.78, 5) is 22.2. The molecule has 0 spiro atoms. The molecule has 1 saturated heterocycles. The lowest BCUT2D eigenvalue weighted by Crippen LogP contribution is -2.36. The molecule has 4 nitrogen and oxygen atoms in total. The lowest BCUT2D eigenvalue weighted by Gasteiger charge is -2.31. The Labute approximate surface area is 186 Å². The zero-order valence-corrected chi connectivity index (χ0v) is 19.1. The number of likely N-dealkylation sites (tertiary alicyclic amines) is 1. The summed E-state index contributed by atoms with van der Waals surface area (Å²) in [6, 6.07) is 16.7. The van der Waals surface area contributed by atoms with Gasteiger partial charge in [0.15, 0.2) is 0 Å². The molecule has 0 N–H and O–H groups in total. The molecule has 2 aromatic heterocycles. The molecule has 0 saturated carbocycles. The quantitative estimate of drug-likeness (QED) is 0.421. The molecule has 1 aliphatic rings. The van der Waals surface area contributed by atoms with Crippen LogP contribution in [0.4, 0.5) is 0 Å². The monoisotopic (exact) mass is 429 g/mol. The normalized spacial score (nSPS) is 15.6. The number of aryl methyl sites for hydroxylation is 2. The Hall–Kier alpha value is -2.76. The minimum atomic E-state index is 0.0906. The van der Waals surface area contributed by atoms with Crippen molar-refractivity contribution in [1.29, 1.82) is 0 Å². The third-order valence-corrected chi connectivity index (χ3v) is 7.42. The molecule has 4 aromatic rings. The Bertz CT molecular complexity index is 1300. The maximum Gasteiger partial charge on any atom is 0.263 e. The maximum absolute atomic E-state index is 14.0.